The zero-order chi connectivity index (χ0) is 18.7. The van der Waals surface area contributed by atoms with Gasteiger partial charge in [-0.1, -0.05) is 41.9 Å². The molecule has 1 N–H and O–H groups in total. The van der Waals surface area contributed by atoms with Crippen molar-refractivity contribution in [1.29, 1.82) is 0 Å². The summed E-state index contributed by atoms with van der Waals surface area (Å²) in [6, 6.07) is 14.0. The highest BCUT2D eigenvalue weighted by atomic mass is 35.5. The van der Waals surface area contributed by atoms with Crippen molar-refractivity contribution in [2.75, 3.05) is 0 Å². The van der Waals surface area contributed by atoms with E-state index in [-0.39, 0.29) is 17.1 Å². The number of aromatic nitrogens is 2. The van der Waals surface area contributed by atoms with Gasteiger partial charge in [-0.3, -0.25) is 9.48 Å². The molecule has 0 fully saturated rings. The number of nitrogens with one attached hydrogen (secondary N) is 1. The SMILES string of the molecule is Cc1nn(Cc2ccccc2)c(C)c1CNC(=O)c1ccc(Cl)cc1F. The van der Waals surface area contributed by atoms with Crippen LogP contribution in [0.3, 0.4) is 0 Å². The molecule has 26 heavy (non-hydrogen) atoms. The molecule has 0 bridgehead atoms. The third kappa shape index (κ3) is 3.94. The molecule has 0 aliphatic carbocycles. The molecule has 6 heteroatoms. The lowest BCUT2D eigenvalue weighted by Crippen LogP contribution is -2.24. The van der Waals surface area contributed by atoms with Crippen LogP contribution in [0, 0.1) is 19.7 Å². The lowest BCUT2D eigenvalue weighted by molar-refractivity contribution is 0.0947. The van der Waals surface area contributed by atoms with Crippen LogP contribution >= 0.6 is 11.6 Å². The van der Waals surface area contributed by atoms with Gasteiger partial charge in [-0.15, -0.1) is 0 Å². The van der Waals surface area contributed by atoms with Crippen LogP contribution in [0.5, 0.6) is 0 Å². The number of aryl methyl sites for hydroxylation is 1. The Balaban J connectivity index is 1.73. The first kappa shape index (κ1) is 18.1. The van der Waals surface area contributed by atoms with Crippen molar-refractivity contribution in [3.8, 4) is 0 Å². The van der Waals surface area contributed by atoms with Crippen molar-refractivity contribution >= 4 is 17.5 Å². The van der Waals surface area contributed by atoms with Gasteiger partial charge in [-0.25, -0.2) is 4.39 Å². The lowest BCUT2D eigenvalue weighted by Gasteiger charge is -2.08. The van der Waals surface area contributed by atoms with E-state index in [9.17, 15) is 9.18 Å². The highest BCUT2D eigenvalue weighted by Gasteiger charge is 2.15. The molecule has 1 aromatic heterocycles. The monoisotopic (exact) mass is 371 g/mol. The van der Waals surface area contributed by atoms with E-state index in [2.05, 4.69) is 10.4 Å². The molecule has 0 aliphatic heterocycles. The van der Waals surface area contributed by atoms with Crippen LogP contribution in [-0.2, 0) is 13.1 Å². The maximum Gasteiger partial charge on any atom is 0.254 e. The number of hydrogen-bond donors (Lipinski definition) is 1. The van der Waals surface area contributed by atoms with Crippen LogP contribution in [0.25, 0.3) is 0 Å². The smallest absolute Gasteiger partial charge is 0.254 e. The van der Waals surface area contributed by atoms with Crippen molar-refractivity contribution in [2.45, 2.75) is 26.9 Å². The van der Waals surface area contributed by atoms with Crippen molar-refractivity contribution < 1.29 is 9.18 Å². The van der Waals surface area contributed by atoms with Crippen molar-refractivity contribution in [2.24, 2.45) is 0 Å². The van der Waals surface area contributed by atoms with E-state index in [0.717, 1.165) is 28.6 Å². The van der Waals surface area contributed by atoms with Crippen molar-refractivity contribution in [3.63, 3.8) is 0 Å². The Morgan fingerprint density at radius 3 is 2.62 bits per heavy atom. The van der Waals surface area contributed by atoms with E-state index in [1.54, 1.807) is 0 Å². The predicted octanol–water partition coefficient (Wildman–Crippen LogP) is 4.27. The maximum absolute atomic E-state index is 13.9. The average Bonchev–Trinajstić information content (AvgIpc) is 2.87. The van der Waals surface area contributed by atoms with E-state index in [0.29, 0.717) is 6.54 Å². The first-order chi connectivity index (χ1) is 12.5. The second kappa shape index (κ2) is 7.70. The van der Waals surface area contributed by atoms with Gasteiger partial charge in [0.25, 0.3) is 5.91 Å². The number of amides is 1. The second-order valence-electron chi connectivity index (χ2n) is 6.10. The molecule has 1 amide bonds. The van der Waals surface area contributed by atoms with E-state index in [1.165, 1.54) is 12.1 Å². The normalized spacial score (nSPS) is 10.8. The minimum atomic E-state index is -0.636. The first-order valence-electron chi connectivity index (χ1n) is 8.25. The highest BCUT2D eigenvalue weighted by Crippen LogP contribution is 2.17. The molecule has 1 heterocycles. The maximum atomic E-state index is 13.9. The van der Waals surface area contributed by atoms with Gasteiger partial charge in [0.2, 0.25) is 0 Å². The Hall–Kier alpha value is -2.66. The van der Waals surface area contributed by atoms with Gasteiger partial charge >= 0.3 is 0 Å². The fourth-order valence-electron chi connectivity index (χ4n) is 2.84. The van der Waals surface area contributed by atoms with Crippen LogP contribution in [0.15, 0.2) is 48.5 Å². The third-order valence-corrected chi connectivity index (χ3v) is 4.54. The molecule has 134 valence electrons. The molecule has 3 rings (SSSR count). The summed E-state index contributed by atoms with van der Waals surface area (Å²) in [4.78, 5) is 12.2. The lowest BCUT2D eigenvalue weighted by atomic mass is 10.1. The summed E-state index contributed by atoms with van der Waals surface area (Å²) in [7, 11) is 0. The molecular formula is C20H19ClFN3O. The Labute approximate surface area is 156 Å². The van der Waals surface area contributed by atoms with Crippen molar-refractivity contribution in [1.82, 2.24) is 15.1 Å². The number of halogens is 2. The van der Waals surface area contributed by atoms with E-state index in [1.807, 2.05) is 48.9 Å². The summed E-state index contributed by atoms with van der Waals surface area (Å²) in [5.74, 6) is -1.11. The summed E-state index contributed by atoms with van der Waals surface area (Å²) in [5.41, 5.74) is 3.88. The van der Waals surface area contributed by atoms with Crippen LogP contribution in [0.4, 0.5) is 4.39 Å². The highest BCUT2D eigenvalue weighted by molar-refractivity contribution is 6.30. The third-order valence-electron chi connectivity index (χ3n) is 4.31. The van der Waals surface area contributed by atoms with Crippen molar-refractivity contribution in [3.05, 3.63) is 87.4 Å². The van der Waals surface area contributed by atoms with Crippen LogP contribution in [-0.4, -0.2) is 15.7 Å². The largest absolute Gasteiger partial charge is 0.348 e. The molecular weight excluding hydrogens is 353 g/mol. The van der Waals surface area contributed by atoms with Gasteiger partial charge in [-0.2, -0.15) is 5.10 Å². The summed E-state index contributed by atoms with van der Waals surface area (Å²) < 4.78 is 15.8. The van der Waals surface area contributed by atoms with Gasteiger partial charge in [0.1, 0.15) is 5.82 Å². The van der Waals surface area contributed by atoms with Gasteiger partial charge in [0.05, 0.1) is 17.8 Å². The number of nitrogens with zero attached hydrogens (tertiary/aromatic N) is 2. The summed E-state index contributed by atoms with van der Waals surface area (Å²) in [5, 5.41) is 7.58. The predicted molar refractivity (Wildman–Crippen MR) is 99.8 cm³/mol. The van der Waals surface area contributed by atoms with E-state index < -0.39 is 11.7 Å². The zero-order valence-electron chi connectivity index (χ0n) is 14.6. The second-order valence-corrected chi connectivity index (χ2v) is 6.54. The zero-order valence-corrected chi connectivity index (χ0v) is 15.3. The Kier molecular flexibility index (Phi) is 5.38. The average molecular weight is 372 g/mol. The number of rotatable bonds is 5. The van der Waals surface area contributed by atoms with E-state index in [4.69, 9.17) is 11.6 Å². The van der Waals surface area contributed by atoms with Crippen LogP contribution in [0.1, 0.15) is 32.9 Å². The summed E-state index contributed by atoms with van der Waals surface area (Å²) >= 11 is 5.72. The van der Waals surface area contributed by atoms with Gasteiger partial charge in [-0.05, 0) is 37.6 Å². The van der Waals surface area contributed by atoms with E-state index >= 15 is 0 Å². The summed E-state index contributed by atoms with van der Waals surface area (Å²) in [6.07, 6.45) is 0. The molecule has 0 aliphatic rings. The fourth-order valence-corrected chi connectivity index (χ4v) is 3.00. The topological polar surface area (TPSA) is 46.9 Å². The Morgan fingerprint density at radius 1 is 1.19 bits per heavy atom. The van der Waals surface area contributed by atoms with Gasteiger partial charge < -0.3 is 5.32 Å². The number of carbonyl (C=O) groups excluding carboxylic acids is 1. The quantitative estimate of drug-likeness (QED) is 0.728. The molecule has 4 nitrogen and oxygen atoms in total. The first-order valence-corrected chi connectivity index (χ1v) is 8.63. The molecule has 0 atom stereocenters. The molecule has 0 radical (unpaired) electrons. The number of hydrogen-bond acceptors (Lipinski definition) is 2. The van der Waals surface area contributed by atoms with Crippen LogP contribution < -0.4 is 5.32 Å². The standard InChI is InChI=1S/C20H19ClFN3O/c1-13-18(11-23-20(26)17-9-8-16(21)10-19(17)22)14(2)25(24-13)12-15-6-4-3-5-7-15/h3-10H,11-12H2,1-2H3,(H,23,26). The fraction of sp³-hybridized carbons (Fsp3) is 0.200. The minimum absolute atomic E-state index is 0.0265. The van der Waals surface area contributed by atoms with Crippen LogP contribution in [0.2, 0.25) is 5.02 Å². The van der Waals surface area contributed by atoms with Gasteiger partial charge in [0.15, 0.2) is 0 Å². The van der Waals surface area contributed by atoms with Gasteiger partial charge in [0, 0.05) is 22.8 Å². The Morgan fingerprint density at radius 2 is 1.92 bits per heavy atom. The molecule has 3 aromatic rings. The summed E-state index contributed by atoms with van der Waals surface area (Å²) in [6.45, 7) is 4.81. The Bertz CT molecular complexity index is 938. The molecule has 0 saturated carbocycles. The molecule has 0 spiro atoms. The molecule has 0 saturated heterocycles. The molecule has 0 unspecified atom stereocenters. The minimum Gasteiger partial charge on any atom is -0.348 e. The molecule has 2 aromatic carbocycles. The number of benzene rings is 2. The number of carbonyl (C=O) groups is 1.